The third-order valence-electron chi connectivity index (χ3n) is 14.1. The zero-order valence-corrected chi connectivity index (χ0v) is 40.2. The van der Waals surface area contributed by atoms with Gasteiger partial charge < -0.3 is 24.8 Å². The Bertz CT molecular complexity index is 2710. The quantitative estimate of drug-likeness (QED) is 0.105. The molecule has 0 radical (unpaired) electrons. The van der Waals surface area contributed by atoms with Crippen molar-refractivity contribution in [3.05, 3.63) is 179 Å². The molecule has 8 aromatic carbocycles. The van der Waals surface area contributed by atoms with Gasteiger partial charge in [0.15, 0.2) is 0 Å². The first-order valence-electron chi connectivity index (χ1n) is 21.9. The van der Waals surface area contributed by atoms with Crippen LogP contribution in [-0.4, -0.2) is 0 Å². The SMILES string of the molecule is CC(C)CC1=Cc2c(-c3c4ccccc4cc4ccccc34)cccc2[CH]1[Hf+2]1([CH]2C(CC(C)C)=Cc3c(-c4c5ccccc5cc5ccccc45)cccc32)[CH2]C[CH2]1.[Cl-].[Cl-]. The van der Waals surface area contributed by atoms with Crippen molar-refractivity contribution < 1.29 is 44.8 Å². The molecule has 1 saturated heterocycles. The first-order valence-corrected chi connectivity index (χ1v) is 31.1. The molecule has 2 aliphatic carbocycles. The van der Waals surface area contributed by atoms with Crippen LogP contribution in [0.5, 0.6) is 0 Å². The summed E-state index contributed by atoms with van der Waals surface area (Å²) in [6.07, 6.45) is 9.21. The Morgan fingerprint density at radius 1 is 0.450 bits per heavy atom. The van der Waals surface area contributed by atoms with Crippen molar-refractivity contribution >= 4 is 55.2 Å². The van der Waals surface area contributed by atoms with E-state index < -0.39 is 20.0 Å². The van der Waals surface area contributed by atoms with E-state index in [1.54, 1.807) is 22.3 Å². The van der Waals surface area contributed by atoms with Crippen molar-refractivity contribution in [2.45, 2.75) is 62.7 Å². The van der Waals surface area contributed by atoms with Crippen LogP contribution in [-0.2, 0) is 20.0 Å². The largest absolute Gasteiger partial charge is 1.00 e. The van der Waals surface area contributed by atoms with E-state index in [4.69, 9.17) is 0 Å². The van der Waals surface area contributed by atoms with Gasteiger partial charge in [-0.15, -0.1) is 0 Å². The number of hydrogen-bond donors (Lipinski definition) is 0. The summed E-state index contributed by atoms with van der Waals surface area (Å²) in [5.41, 5.74) is 15.5. The molecular weight excluding hydrogens is 934 g/mol. The summed E-state index contributed by atoms with van der Waals surface area (Å²) < 4.78 is 4.17. The Hall–Kier alpha value is -4.27. The van der Waals surface area contributed by atoms with Crippen LogP contribution in [0.15, 0.2) is 157 Å². The predicted octanol–water partition coefficient (Wildman–Crippen LogP) is 10.7. The van der Waals surface area contributed by atoms with Crippen LogP contribution in [0.2, 0.25) is 8.35 Å². The maximum atomic E-state index is 2.73. The topological polar surface area (TPSA) is 0 Å². The van der Waals surface area contributed by atoms with Crippen LogP contribution in [0.25, 0.3) is 77.5 Å². The summed E-state index contributed by atoms with van der Waals surface area (Å²) in [5, 5.41) is 10.7. The summed E-state index contributed by atoms with van der Waals surface area (Å²) in [7, 11) is 0. The van der Waals surface area contributed by atoms with Crippen molar-refractivity contribution in [3.63, 3.8) is 0 Å². The third-order valence-corrected chi connectivity index (χ3v) is 36.5. The molecule has 3 heteroatoms. The molecule has 298 valence electrons. The van der Waals surface area contributed by atoms with Crippen molar-refractivity contribution in [3.8, 4) is 22.3 Å². The van der Waals surface area contributed by atoms with Crippen LogP contribution >= 0.6 is 0 Å². The first-order chi connectivity index (χ1) is 28.4. The Morgan fingerprint density at radius 2 is 0.800 bits per heavy atom. The van der Waals surface area contributed by atoms with Gasteiger partial charge in [-0.05, 0) is 0 Å². The number of fused-ring (bicyclic) bond motifs is 6. The summed E-state index contributed by atoms with van der Waals surface area (Å²) >= 11 is -3.33. The van der Waals surface area contributed by atoms with E-state index in [1.807, 2.05) is 0 Å². The molecule has 2 atom stereocenters. The monoisotopic (exact) mass is 986 g/mol. The van der Waals surface area contributed by atoms with Crippen molar-refractivity contribution in [1.82, 2.24) is 0 Å². The minimum absolute atomic E-state index is 0. The summed E-state index contributed by atoms with van der Waals surface area (Å²) in [4.78, 5) is 0. The van der Waals surface area contributed by atoms with Gasteiger partial charge in [0.05, 0.1) is 0 Å². The average Bonchev–Trinajstić information content (AvgIpc) is 3.76. The summed E-state index contributed by atoms with van der Waals surface area (Å²) in [5.74, 6) is 1.23. The molecular formula is C57H52Cl2Hf. The van der Waals surface area contributed by atoms with Crippen molar-refractivity contribution in [2.75, 3.05) is 0 Å². The fraction of sp³-hybridized carbons (Fsp3) is 0.228. The summed E-state index contributed by atoms with van der Waals surface area (Å²) in [6, 6.07) is 55.9. The van der Waals surface area contributed by atoms with E-state index in [2.05, 4.69) is 185 Å². The van der Waals surface area contributed by atoms with E-state index in [-0.39, 0.29) is 24.8 Å². The molecule has 0 nitrogen and oxygen atoms in total. The molecule has 8 aromatic rings. The molecule has 1 fully saturated rings. The molecule has 0 amide bonds. The van der Waals surface area contributed by atoms with Crippen LogP contribution in [0.3, 0.4) is 0 Å². The minimum Gasteiger partial charge on any atom is -1.00 e. The van der Waals surface area contributed by atoms with E-state index in [0.29, 0.717) is 19.2 Å². The maximum Gasteiger partial charge on any atom is -1.00 e. The van der Waals surface area contributed by atoms with Gasteiger partial charge >= 0.3 is 351 Å². The van der Waals surface area contributed by atoms with Crippen molar-refractivity contribution in [2.24, 2.45) is 11.8 Å². The fourth-order valence-corrected chi connectivity index (χ4v) is 34.5. The van der Waals surface area contributed by atoms with Gasteiger partial charge in [-0.1, -0.05) is 0 Å². The number of benzene rings is 8. The zero-order chi connectivity index (χ0) is 39.1. The molecule has 0 N–H and O–H groups in total. The smallest absolute Gasteiger partial charge is 1.00 e. The first kappa shape index (κ1) is 41.1. The van der Waals surface area contributed by atoms with Crippen LogP contribution in [0.1, 0.15) is 76.6 Å². The van der Waals surface area contributed by atoms with Gasteiger partial charge in [-0.3, -0.25) is 0 Å². The normalized spacial score (nSPS) is 17.1. The van der Waals surface area contributed by atoms with Crippen LogP contribution in [0, 0.1) is 11.8 Å². The molecule has 0 aromatic heterocycles. The Balaban J connectivity index is 0.00000231. The van der Waals surface area contributed by atoms with E-state index in [9.17, 15) is 0 Å². The third kappa shape index (κ3) is 6.49. The average molecular weight is 986 g/mol. The zero-order valence-electron chi connectivity index (χ0n) is 35.1. The number of hydrogen-bond acceptors (Lipinski definition) is 0. The van der Waals surface area contributed by atoms with Crippen molar-refractivity contribution in [1.29, 1.82) is 0 Å². The molecule has 0 bridgehead atoms. The summed E-state index contributed by atoms with van der Waals surface area (Å²) in [6.45, 7) is 9.78. The second-order valence-electron chi connectivity index (χ2n) is 18.6. The number of allylic oxidation sites excluding steroid dienone is 2. The molecule has 1 heterocycles. The molecule has 60 heavy (non-hydrogen) atoms. The van der Waals surface area contributed by atoms with E-state index in [1.165, 1.54) is 104 Å². The number of rotatable bonds is 8. The molecule has 2 unspecified atom stereocenters. The van der Waals surface area contributed by atoms with E-state index >= 15 is 0 Å². The van der Waals surface area contributed by atoms with Gasteiger partial charge in [0, 0.05) is 0 Å². The fourth-order valence-electron chi connectivity index (χ4n) is 12.0. The number of halogens is 2. The van der Waals surface area contributed by atoms with Gasteiger partial charge in [-0.2, -0.15) is 0 Å². The minimum atomic E-state index is -3.33. The van der Waals surface area contributed by atoms with Gasteiger partial charge in [0.2, 0.25) is 0 Å². The predicted molar refractivity (Wildman–Crippen MR) is 248 cm³/mol. The Kier molecular flexibility index (Phi) is 11.1. The molecule has 3 aliphatic rings. The van der Waals surface area contributed by atoms with Gasteiger partial charge in [-0.25, -0.2) is 0 Å². The van der Waals surface area contributed by atoms with Gasteiger partial charge in [0.25, 0.3) is 0 Å². The second kappa shape index (κ2) is 16.2. The van der Waals surface area contributed by atoms with Crippen LogP contribution in [0.4, 0.5) is 0 Å². The maximum absolute atomic E-state index is 3.33. The Morgan fingerprint density at radius 3 is 1.12 bits per heavy atom. The second-order valence-corrected chi connectivity index (χ2v) is 35.2. The standard InChI is InChI=1S/2C27H23.C3H6.2ClH.Hf/c2*1-18(2)14-19-15-20-10-7-13-25(26(20)16-19)27-23-11-5-3-8-21(23)17-22-9-4-6-12-24(22)27;1-3-2;;;/h2*3-13,15-18H,14H2,1-2H3;1-3H2;2*1H;/q;;;;;+2/p-2. The molecule has 11 rings (SSSR count). The van der Waals surface area contributed by atoms with Gasteiger partial charge in [0.1, 0.15) is 0 Å². The Labute approximate surface area is 373 Å². The molecule has 0 spiro atoms. The van der Waals surface area contributed by atoms with Crippen LogP contribution < -0.4 is 24.8 Å². The van der Waals surface area contributed by atoms with E-state index in [0.717, 1.165) is 0 Å². The molecule has 1 aliphatic heterocycles. The molecule has 0 saturated carbocycles.